The average Bonchev–Trinajstić information content (AvgIpc) is 1.49. The molecule has 466 valence electrons. The van der Waals surface area contributed by atoms with Crippen molar-refractivity contribution >= 4 is 76.2 Å². The maximum Gasteiger partial charge on any atom is 0.0634 e. The van der Waals surface area contributed by atoms with Crippen LogP contribution in [0.3, 0.4) is 0 Å². The van der Waals surface area contributed by atoms with Crippen LogP contribution in [0.15, 0.2) is 267 Å². The van der Waals surface area contributed by atoms with Crippen LogP contribution in [-0.2, 0) is 21.7 Å². The van der Waals surface area contributed by atoms with Crippen molar-refractivity contribution < 1.29 is 0 Å². The Kier molecular flexibility index (Phi) is 13.3. The minimum atomic E-state index is -0.0863. The molecule has 4 aromatic heterocycles. The van der Waals surface area contributed by atoms with Crippen molar-refractivity contribution in [1.29, 1.82) is 0 Å². The third kappa shape index (κ3) is 9.42. The molecule has 17 aromatic rings. The van der Waals surface area contributed by atoms with E-state index in [9.17, 15) is 0 Å². The highest BCUT2D eigenvalue weighted by Gasteiger charge is 2.32. The number of fused-ring (bicyclic) bond motifs is 14. The summed E-state index contributed by atoms with van der Waals surface area (Å²) in [6.45, 7) is 27.9. The van der Waals surface area contributed by atoms with E-state index in [1.165, 1.54) is 187 Å². The van der Waals surface area contributed by atoms with Crippen LogP contribution in [0, 0.1) is 0 Å². The van der Waals surface area contributed by atoms with E-state index in [2.05, 4.69) is 359 Å². The van der Waals surface area contributed by atoms with E-state index in [4.69, 9.17) is 0 Å². The summed E-state index contributed by atoms with van der Waals surface area (Å²) in [7, 11) is 0. The van der Waals surface area contributed by atoms with Crippen LogP contribution in [0.1, 0.15) is 105 Å². The summed E-state index contributed by atoms with van der Waals surface area (Å²) in [6.07, 6.45) is 0. The van der Waals surface area contributed by atoms with Gasteiger partial charge in [-0.3, -0.25) is 0 Å². The Balaban J connectivity index is 1.01. The molecule has 96 heavy (non-hydrogen) atoms. The van der Waals surface area contributed by atoms with Crippen LogP contribution in [0.25, 0.3) is 165 Å². The van der Waals surface area contributed by atoms with Gasteiger partial charge in [0.1, 0.15) is 0 Å². The van der Waals surface area contributed by atoms with E-state index in [0.717, 1.165) is 0 Å². The predicted molar refractivity (Wildman–Crippen MR) is 414 cm³/mol. The maximum atomic E-state index is 2.65. The SMILES string of the molecule is CC(C)(C)c1ccc(-c2cc(-c3ccccc3)c(-c3ccc4c(c3)c3c5c6cc(C(C)(C)C)ccc6n6c7ccc(-c8c(-c9ccccc9)cc(-c9ccc(C(C)(C)C)cc9)cc8-c8ccccc8)cc7c(c7c8cc(C(C)(C)C)ccc8n4c37)c56)c(-c3ccccc3)c2)cc1. The van der Waals surface area contributed by atoms with Crippen LogP contribution in [-0.4, -0.2) is 8.80 Å². The summed E-state index contributed by atoms with van der Waals surface area (Å²) in [5, 5.41) is 10.3. The Morgan fingerprint density at radius 2 is 0.438 bits per heavy atom. The molecule has 17 rings (SSSR count). The van der Waals surface area contributed by atoms with Crippen LogP contribution in [0.2, 0.25) is 0 Å². The molecule has 0 amide bonds. The second-order valence-electron chi connectivity index (χ2n) is 31.3. The van der Waals surface area contributed by atoms with Gasteiger partial charge in [0.15, 0.2) is 0 Å². The molecule has 0 unspecified atom stereocenters. The van der Waals surface area contributed by atoms with Gasteiger partial charge in [-0.2, -0.15) is 0 Å². The molecule has 2 nitrogen and oxygen atoms in total. The molecule has 0 aliphatic rings. The lowest BCUT2D eigenvalue weighted by molar-refractivity contribution is 0.590. The molecule has 0 aliphatic carbocycles. The van der Waals surface area contributed by atoms with Crippen molar-refractivity contribution in [2.24, 2.45) is 0 Å². The third-order valence-corrected chi connectivity index (χ3v) is 21.0. The number of rotatable bonds is 8. The van der Waals surface area contributed by atoms with E-state index in [1.54, 1.807) is 0 Å². The summed E-state index contributed by atoms with van der Waals surface area (Å²) < 4.78 is 5.29. The first-order valence-corrected chi connectivity index (χ1v) is 34.4. The van der Waals surface area contributed by atoms with E-state index in [-0.39, 0.29) is 21.7 Å². The van der Waals surface area contributed by atoms with Gasteiger partial charge in [0.2, 0.25) is 0 Å². The van der Waals surface area contributed by atoms with Gasteiger partial charge >= 0.3 is 0 Å². The Morgan fingerprint density at radius 3 is 0.708 bits per heavy atom. The summed E-state index contributed by atoms with van der Waals surface area (Å²) in [5.74, 6) is 0. The molecular formula is C94H80N2. The van der Waals surface area contributed by atoms with E-state index in [0.29, 0.717) is 0 Å². The number of benzene rings is 13. The number of hydrogen-bond acceptors (Lipinski definition) is 0. The molecule has 0 radical (unpaired) electrons. The number of hydrogen-bond donors (Lipinski definition) is 0. The first kappa shape index (κ1) is 59.2. The van der Waals surface area contributed by atoms with Gasteiger partial charge in [-0.05, 0) is 206 Å². The highest BCUT2D eigenvalue weighted by molar-refractivity contribution is 6.45. The lowest BCUT2D eigenvalue weighted by Crippen LogP contribution is -2.10. The molecule has 0 atom stereocenters. The van der Waals surface area contributed by atoms with E-state index in [1.807, 2.05) is 0 Å². The van der Waals surface area contributed by atoms with Crippen molar-refractivity contribution in [3.05, 3.63) is 289 Å². The first-order valence-electron chi connectivity index (χ1n) is 34.4. The van der Waals surface area contributed by atoms with Crippen LogP contribution in [0.4, 0.5) is 0 Å². The zero-order valence-electron chi connectivity index (χ0n) is 57.3. The topological polar surface area (TPSA) is 8.82 Å². The average molecular weight is 1240 g/mol. The molecule has 0 saturated carbocycles. The minimum absolute atomic E-state index is 0.0458. The largest absolute Gasteiger partial charge is 0.308 e. The normalized spacial score (nSPS) is 12.8. The smallest absolute Gasteiger partial charge is 0.0634 e. The maximum absolute atomic E-state index is 2.65. The summed E-state index contributed by atoms with van der Waals surface area (Å²) >= 11 is 0. The minimum Gasteiger partial charge on any atom is -0.308 e. The lowest BCUT2D eigenvalue weighted by Gasteiger charge is -2.21. The fraction of sp³-hybridized carbons (Fsp3) is 0.170. The first-order chi connectivity index (χ1) is 46.2. The zero-order chi connectivity index (χ0) is 65.9. The molecule has 13 aromatic carbocycles. The zero-order valence-corrected chi connectivity index (χ0v) is 57.3. The second kappa shape index (κ2) is 21.5. The molecule has 0 aliphatic heterocycles. The van der Waals surface area contributed by atoms with Crippen molar-refractivity contribution in [1.82, 2.24) is 8.80 Å². The highest BCUT2D eigenvalue weighted by atomic mass is 14.9. The van der Waals surface area contributed by atoms with Gasteiger partial charge in [0.05, 0.1) is 33.1 Å². The summed E-state index contributed by atoms with van der Waals surface area (Å²) in [6, 6.07) is 102. The van der Waals surface area contributed by atoms with Crippen LogP contribution >= 0.6 is 0 Å². The van der Waals surface area contributed by atoms with Crippen molar-refractivity contribution in [3.8, 4) is 89.0 Å². The Morgan fingerprint density at radius 1 is 0.198 bits per heavy atom. The van der Waals surface area contributed by atoms with E-state index < -0.39 is 0 Å². The van der Waals surface area contributed by atoms with Crippen LogP contribution < -0.4 is 0 Å². The van der Waals surface area contributed by atoms with Crippen LogP contribution in [0.5, 0.6) is 0 Å². The standard InChI is InChI=1S/C94H80N2/c1-91(2,3)67-39-33-57(34-40-67)65-51-71(59-25-17-13-18-26-59)83(72(52-65)60-27-19-14-20-28-60)63-37-45-79-75(49-63)85-87-77-55-69(93(7,8)9)44-48-82(77)96-80-46-38-64(50-76(80)86(90(87)96)88-78-56-70(94(10,11)12)43-47-81(78)95(79)89(85)88)84-73(61-29-21-15-22-30-61)53-66(54-74(84)62-31-23-16-24-32-62)58-35-41-68(42-36-58)92(4,5)6/h13-56H,1-12H3. The molecular weight excluding hydrogens is 1160 g/mol. The molecule has 0 bridgehead atoms. The summed E-state index contributed by atoms with van der Waals surface area (Å²) in [5.41, 5.74) is 31.9. The number of nitrogens with zero attached hydrogens (tertiary/aromatic N) is 2. The highest BCUT2D eigenvalue weighted by Crippen LogP contribution is 2.55. The predicted octanol–water partition coefficient (Wildman–Crippen LogP) is 26.5. The van der Waals surface area contributed by atoms with Gasteiger partial charge in [0.25, 0.3) is 0 Å². The Bertz CT molecular complexity index is 5400. The fourth-order valence-corrected chi connectivity index (χ4v) is 15.9. The molecule has 4 heterocycles. The van der Waals surface area contributed by atoms with Crippen molar-refractivity contribution in [2.75, 3.05) is 0 Å². The quantitative estimate of drug-likeness (QED) is 0.143. The number of aromatic nitrogens is 2. The molecule has 0 spiro atoms. The monoisotopic (exact) mass is 1240 g/mol. The lowest BCUT2D eigenvalue weighted by atomic mass is 9.83. The van der Waals surface area contributed by atoms with Gasteiger partial charge in [0, 0.05) is 43.1 Å². The van der Waals surface area contributed by atoms with Gasteiger partial charge < -0.3 is 8.80 Å². The fourth-order valence-electron chi connectivity index (χ4n) is 15.9. The molecule has 2 heteroatoms. The van der Waals surface area contributed by atoms with Gasteiger partial charge in [-0.15, -0.1) is 0 Å². The van der Waals surface area contributed by atoms with Crippen molar-refractivity contribution in [2.45, 2.75) is 105 Å². The Hall–Kier alpha value is -10.5. The molecule has 0 saturated heterocycles. The van der Waals surface area contributed by atoms with E-state index >= 15 is 0 Å². The Labute approximate surface area is 564 Å². The summed E-state index contributed by atoms with van der Waals surface area (Å²) in [4.78, 5) is 0. The van der Waals surface area contributed by atoms with Crippen molar-refractivity contribution in [3.63, 3.8) is 0 Å². The van der Waals surface area contributed by atoms with Gasteiger partial charge in [-0.1, -0.05) is 277 Å². The molecule has 0 N–H and O–H groups in total. The third-order valence-electron chi connectivity index (χ3n) is 21.0. The molecule has 0 fully saturated rings. The second-order valence-corrected chi connectivity index (χ2v) is 31.3. The van der Waals surface area contributed by atoms with Gasteiger partial charge in [-0.25, -0.2) is 0 Å².